The molecule has 2 aromatic rings. The second kappa shape index (κ2) is 16.0. The lowest BCUT2D eigenvalue weighted by Crippen LogP contribution is -2.55. The third-order valence-corrected chi connectivity index (χ3v) is 8.30. The van der Waals surface area contributed by atoms with Gasteiger partial charge in [-0.1, -0.05) is 54.6 Å². The summed E-state index contributed by atoms with van der Waals surface area (Å²) in [6.45, 7) is 5.29. The van der Waals surface area contributed by atoms with Gasteiger partial charge in [-0.15, -0.1) is 0 Å². The molecule has 0 aliphatic rings. The molecule has 0 aliphatic heterocycles. The van der Waals surface area contributed by atoms with Crippen LogP contribution in [0.5, 0.6) is 0 Å². The molecule has 0 spiro atoms. The number of hydrogen-bond donors (Lipinski definition) is 2. The minimum absolute atomic E-state index is 0.00359. The first kappa shape index (κ1) is 35.9. The maximum Gasteiger partial charge on any atom is 0.424 e. The molecule has 3 N–H and O–H groups in total. The number of Topliss-reactive ketones (excluding diaryl/α,β-unsaturated/α-hetero) is 1. The highest BCUT2D eigenvalue weighted by Gasteiger charge is 2.40. The van der Waals surface area contributed by atoms with Gasteiger partial charge in [0.2, 0.25) is 15.9 Å². The number of benzene rings is 2. The van der Waals surface area contributed by atoms with Crippen LogP contribution in [0.2, 0.25) is 0 Å². The molecule has 0 heterocycles. The van der Waals surface area contributed by atoms with E-state index in [0.29, 0.717) is 29.7 Å². The maximum absolute atomic E-state index is 13.5. The first-order chi connectivity index (χ1) is 20.5. The minimum Gasteiger partial charge on any atom is -0.481 e. The average Bonchev–Trinajstić information content (AvgIpc) is 2.92. The summed E-state index contributed by atoms with van der Waals surface area (Å²) >= 11 is 0. The Hall–Kier alpha value is -4.26. The number of carboxylic acids is 1. The molecule has 1 atom stereocenters. The summed E-state index contributed by atoms with van der Waals surface area (Å²) in [6.07, 6.45) is -1.09. The van der Waals surface area contributed by atoms with Crippen molar-refractivity contribution in [2.75, 3.05) is 12.3 Å². The van der Waals surface area contributed by atoms with Gasteiger partial charge in [0.15, 0.2) is 5.78 Å². The molecule has 0 saturated carbocycles. The number of ether oxygens (including phenoxy) is 1. The Kier molecular flexibility index (Phi) is 13.1. The van der Waals surface area contributed by atoms with Gasteiger partial charge in [0.25, 0.3) is 0 Å². The zero-order chi connectivity index (χ0) is 33.1. The number of nitrogens with zero attached hydrogens (tertiary/aromatic N) is 2. The Bertz CT molecular complexity index is 1440. The average molecular weight is 632 g/mol. The zero-order valence-corrected chi connectivity index (χ0v) is 26.3. The van der Waals surface area contributed by atoms with Crippen LogP contribution in [0.4, 0.5) is 9.59 Å². The van der Waals surface area contributed by atoms with Crippen LogP contribution in [0, 0.1) is 6.92 Å². The molecule has 0 aliphatic carbocycles. The number of amides is 4. The summed E-state index contributed by atoms with van der Waals surface area (Å²) in [4.78, 5) is 64.1. The monoisotopic (exact) mass is 631 g/mol. The third kappa shape index (κ3) is 11.4. The Balaban J connectivity index is 2.28. The minimum atomic E-state index is -4.49. The largest absolute Gasteiger partial charge is 0.481 e. The Morgan fingerprint density at radius 1 is 0.932 bits per heavy atom. The van der Waals surface area contributed by atoms with Crippen molar-refractivity contribution in [3.8, 4) is 0 Å². The second-order valence-electron chi connectivity index (χ2n) is 11.4. The van der Waals surface area contributed by atoms with E-state index in [4.69, 9.17) is 10.5 Å². The van der Waals surface area contributed by atoms with Crippen LogP contribution < -0.4 is 5.73 Å². The van der Waals surface area contributed by atoms with Crippen molar-refractivity contribution in [2.45, 2.75) is 77.9 Å². The number of sulfonamides is 1. The highest BCUT2D eigenvalue weighted by molar-refractivity contribution is 7.89. The molecule has 4 amide bonds. The molecule has 240 valence electrons. The van der Waals surface area contributed by atoms with Gasteiger partial charge in [-0.05, 0) is 70.1 Å². The van der Waals surface area contributed by atoms with Crippen molar-refractivity contribution in [1.29, 1.82) is 0 Å². The van der Waals surface area contributed by atoms with E-state index in [-0.39, 0.29) is 17.1 Å². The Morgan fingerprint density at radius 3 is 2.11 bits per heavy atom. The maximum atomic E-state index is 13.5. The number of aryl methyl sites for hydroxylation is 3. The standard InChI is InChI=1S/C31H41N3O9S/c1-22-12-8-9-15-24(22)16-10-11-17-27(36)34(29(32)39)25(20-28(37)38)26(35)21-33(30(40)43-31(2,3)4)44(41,42)19-18-23-13-6-5-7-14-23/h5-9,12-15,25H,10-11,16-21H2,1-4H3,(H2,32,39)(H,37,38). The summed E-state index contributed by atoms with van der Waals surface area (Å²) in [5.74, 6) is -4.20. The number of carbonyl (C=O) groups excluding carboxylic acids is 4. The Labute approximate surface area is 258 Å². The fourth-order valence-electron chi connectivity index (χ4n) is 4.41. The Morgan fingerprint density at radius 2 is 1.55 bits per heavy atom. The van der Waals surface area contributed by atoms with Crippen LogP contribution in [-0.2, 0) is 42.0 Å². The summed E-state index contributed by atoms with van der Waals surface area (Å²) in [6, 6.07) is 13.0. The molecule has 44 heavy (non-hydrogen) atoms. The van der Waals surface area contributed by atoms with Gasteiger partial charge in [-0.25, -0.2) is 18.0 Å². The van der Waals surface area contributed by atoms with E-state index in [1.807, 2.05) is 31.2 Å². The molecule has 0 radical (unpaired) electrons. The number of hydrogen-bond acceptors (Lipinski definition) is 8. The molecule has 2 aromatic carbocycles. The van der Waals surface area contributed by atoms with E-state index >= 15 is 0 Å². The number of imide groups is 1. The van der Waals surface area contributed by atoms with Crippen molar-refractivity contribution in [1.82, 2.24) is 9.21 Å². The van der Waals surface area contributed by atoms with Gasteiger partial charge in [0.1, 0.15) is 18.2 Å². The zero-order valence-electron chi connectivity index (χ0n) is 25.5. The predicted molar refractivity (Wildman–Crippen MR) is 163 cm³/mol. The van der Waals surface area contributed by atoms with Crippen LogP contribution >= 0.6 is 0 Å². The van der Waals surface area contributed by atoms with Gasteiger partial charge < -0.3 is 15.6 Å². The van der Waals surface area contributed by atoms with Crippen LogP contribution in [-0.4, -0.2) is 76.5 Å². The van der Waals surface area contributed by atoms with E-state index in [1.165, 1.54) is 20.8 Å². The molecule has 0 bridgehead atoms. The number of primary amides is 1. The third-order valence-electron chi connectivity index (χ3n) is 6.63. The normalized spacial score (nSPS) is 12.2. The van der Waals surface area contributed by atoms with Crippen LogP contribution in [0.25, 0.3) is 0 Å². The SMILES string of the molecule is Cc1ccccc1CCCCC(=O)N(C(N)=O)C(CC(=O)O)C(=O)CN(C(=O)OC(C)(C)C)S(=O)(=O)CCc1ccccc1. The number of unbranched alkanes of at least 4 members (excludes halogenated alkanes) is 1. The van der Waals surface area contributed by atoms with E-state index in [1.54, 1.807) is 30.3 Å². The van der Waals surface area contributed by atoms with Crippen LogP contribution in [0.3, 0.4) is 0 Å². The van der Waals surface area contributed by atoms with Crippen molar-refractivity contribution in [3.05, 3.63) is 71.3 Å². The fourth-order valence-corrected chi connectivity index (χ4v) is 5.71. The number of aliphatic carboxylic acids is 1. The predicted octanol–water partition coefficient (Wildman–Crippen LogP) is 3.84. The lowest BCUT2D eigenvalue weighted by atomic mass is 10.0. The topological polar surface area (TPSA) is 181 Å². The molecule has 1 unspecified atom stereocenters. The molecular formula is C31H41N3O9S. The fraction of sp³-hybridized carbons (Fsp3) is 0.452. The number of carboxylic acid groups (broad SMARTS) is 1. The quantitative estimate of drug-likeness (QED) is 0.276. The van der Waals surface area contributed by atoms with Gasteiger partial charge in [-0.3, -0.25) is 19.3 Å². The van der Waals surface area contributed by atoms with Crippen molar-refractivity contribution in [3.63, 3.8) is 0 Å². The number of nitrogens with two attached hydrogens (primary N) is 1. The summed E-state index contributed by atoms with van der Waals surface area (Å²) in [7, 11) is -4.49. The van der Waals surface area contributed by atoms with Gasteiger partial charge in [0, 0.05) is 6.42 Å². The molecule has 0 fully saturated rings. The van der Waals surface area contributed by atoms with Crippen LogP contribution in [0.1, 0.15) is 63.1 Å². The van der Waals surface area contributed by atoms with E-state index in [0.717, 1.165) is 11.1 Å². The van der Waals surface area contributed by atoms with E-state index < -0.39 is 70.2 Å². The smallest absolute Gasteiger partial charge is 0.424 e. The summed E-state index contributed by atoms with van der Waals surface area (Å²) < 4.78 is 32.1. The number of carbonyl (C=O) groups is 5. The number of rotatable bonds is 15. The lowest BCUT2D eigenvalue weighted by Gasteiger charge is -2.30. The highest BCUT2D eigenvalue weighted by atomic mass is 32.2. The second-order valence-corrected chi connectivity index (χ2v) is 13.4. The molecule has 0 saturated heterocycles. The summed E-state index contributed by atoms with van der Waals surface area (Å²) in [5.41, 5.74) is 7.12. The van der Waals surface area contributed by atoms with Gasteiger partial charge >= 0.3 is 18.1 Å². The van der Waals surface area contributed by atoms with Crippen molar-refractivity contribution in [2.24, 2.45) is 5.73 Å². The molecular weight excluding hydrogens is 590 g/mol. The van der Waals surface area contributed by atoms with Gasteiger partial charge in [0.05, 0.1) is 12.2 Å². The first-order valence-corrected chi connectivity index (χ1v) is 15.8. The highest BCUT2D eigenvalue weighted by Crippen LogP contribution is 2.18. The van der Waals surface area contributed by atoms with Crippen LogP contribution in [0.15, 0.2) is 54.6 Å². The van der Waals surface area contributed by atoms with Gasteiger partial charge in [-0.2, -0.15) is 4.31 Å². The first-order valence-electron chi connectivity index (χ1n) is 14.2. The van der Waals surface area contributed by atoms with E-state index in [9.17, 15) is 37.5 Å². The summed E-state index contributed by atoms with van der Waals surface area (Å²) in [5, 5.41) is 9.51. The molecule has 2 rings (SSSR count). The van der Waals surface area contributed by atoms with E-state index in [2.05, 4.69) is 0 Å². The van der Waals surface area contributed by atoms with Crippen molar-refractivity contribution >= 4 is 39.8 Å². The number of urea groups is 1. The lowest BCUT2D eigenvalue weighted by molar-refractivity contribution is -0.143. The molecule has 12 nitrogen and oxygen atoms in total. The van der Waals surface area contributed by atoms with Crippen molar-refractivity contribution < 1.29 is 42.2 Å². The molecule has 13 heteroatoms. The molecule has 0 aromatic heterocycles. The number of ketones is 1.